The predicted molar refractivity (Wildman–Crippen MR) is 104 cm³/mol. The van der Waals surface area contributed by atoms with E-state index in [0.717, 1.165) is 0 Å². The maximum Gasteiger partial charge on any atom is 0.251 e. The summed E-state index contributed by atoms with van der Waals surface area (Å²) in [5.74, 6) is -0.645. The fourth-order valence-electron chi connectivity index (χ4n) is 3.42. The molecule has 26 heavy (non-hydrogen) atoms. The number of hydrogen-bond donors (Lipinski definition) is 0. The lowest BCUT2D eigenvalue weighted by atomic mass is 10.0. The molecule has 142 valence electrons. The van der Waals surface area contributed by atoms with Gasteiger partial charge in [0.25, 0.3) is 5.91 Å². The number of halogens is 1. The molecule has 0 aromatic heterocycles. The Kier molecular flexibility index (Phi) is 5.44. The summed E-state index contributed by atoms with van der Waals surface area (Å²) in [7, 11) is -3.14. The maximum absolute atomic E-state index is 14.1. The second-order valence-corrected chi connectivity index (χ2v) is 10.2. The molecule has 1 amide bonds. The van der Waals surface area contributed by atoms with E-state index >= 15 is 0 Å². The number of amidine groups is 1. The Bertz CT molecular complexity index is 850. The molecule has 2 aliphatic rings. The Morgan fingerprint density at radius 1 is 1.35 bits per heavy atom. The normalized spacial score (nSPS) is 25.9. The number of hydrogen-bond acceptors (Lipinski definition) is 4. The largest absolute Gasteiger partial charge is 0.315 e. The number of carbonyl (C=O) groups is 1. The number of nitrogens with zero attached hydrogens (tertiary/aromatic N) is 2. The molecule has 5 nitrogen and oxygen atoms in total. The smallest absolute Gasteiger partial charge is 0.251 e. The van der Waals surface area contributed by atoms with E-state index in [1.807, 2.05) is 13.8 Å². The van der Waals surface area contributed by atoms with Gasteiger partial charge in [-0.25, -0.2) is 12.8 Å². The van der Waals surface area contributed by atoms with Crippen LogP contribution >= 0.6 is 11.8 Å². The van der Waals surface area contributed by atoms with Crippen molar-refractivity contribution in [3.8, 4) is 0 Å². The second kappa shape index (κ2) is 7.31. The van der Waals surface area contributed by atoms with E-state index in [1.165, 1.54) is 17.8 Å². The molecule has 0 bridgehead atoms. The van der Waals surface area contributed by atoms with Gasteiger partial charge in [-0.2, -0.15) is 4.99 Å². The number of aliphatic imine (C=N–C) groups is 1. The summed E-state index contributed by atoms with van der Waals surface area (Å²) in [4.78, 5) is 18.5. The van der Waals surface area contributed by atoms with Gasteiger partial charge >= 0.3 is 0 Å². The lowest BCUT2D eigenvalue weighted by Crippen LogP contribution is -2.38. The van der Waals surface area contributed by atoms with Crippen LogP contribution in [-0.4, -0.2) is 42.3 Å². The molecular formula is C18H23FN2O3S2. The van der Waals surface area contributed by atoms with Crippen molar-refractivity contribution < 1.29 is 17.6 Å². The minimum Gasteiger partial charge on any atom is -0.315 e. The van der Waals surface area contributed by atoms with E-state index in [9.17, 15) is 17.6 Å². The summed E-state index contributed by atoms with van der Waals surface area (Å²) < 4.78 is 38.2. The van der Waals surface area contributed by atoms with Gasteiger partial charge in [0.1, 0.15) is 5.82 Å². The zero-order valence-electron chi connectivity index (χ0n) is 15.1. The Balaban J connectivity index is 2.01. The van der Waals surface area contributed by atoms with Gasteiger partial charge in [-0.3, -0.25) is 4.79 Å². The molecule has 2 aliphatic heterocycles. The quantitative estimate of drug-likeness (QED) is 0.779. The van der Waals surface area contributed by atoms with Crippen LogP contribution in [0.2, 0.25) is 0 Å². The molecule has 0 N–H and O–H groups in total. The Morgan fingerprint density at radius 3 is 2.65 bits per heavy atom. The summed E-state index contributed by atoms with van der Waals surface area (Å²) >= 11 is 1.32. The van der Waals surface area contributed by atoms with Crippen molar-refractivity contribution in [2.24, 2.45) is 10.9 Å². The van der Waals surface area contributed by atoms with Crippen molar-refractivity contribution >= 4 is 38.4 Å². The first kappa shape index (κ1) is 19.4. The summed E-state index contributed by atoms with van der Waals surface area (Å²) in [6.45, 7) is 5.57. The van der Waals surface area contributed by atoms with Gasteiger partial charge in [-0.15, -0.1) is 0 Å². The van der Waals surface area contributed by atoms with Crippen LogP contribution in [0.5, 0.6) is 0 Å². The molecule has 3 rings (SSSR count). The van der Waals surface area contributed by atoms with Gasteiger partial charge in [0.2, 0.25) is 0 Å². The number of sulfone groups is 1. The fraction of sp³-hybridized carbons (Fsp3) is 0.556. The predicted octanol–water partition coefficient (Wildman–Crippen LogP) is 3.17. The maximum atomic E-state index is 14.1. The zero-order chi connectivity index (χ0) is 19.1. The minimum absolute atomic E-state index is 0.00163. The van der Waals surface area contributed by atoms with Crippen molar-refractivity contribution in [3.05, 3.63) is 29.6 Å². The molecule has 1 aromatic rings. The average molecular weight is 399 g/mol. The Hall–Kier alpha value is -1.41. The average Bonchev–Trinajstić information content (AvgIpc) is 3.02. The van der Waals surface area contributed by atoms with E-state index in [4.69, 9.17) is 0 Å². The Labute approximate surface area is 158 Å². The van der Waals surface area contributed by atoms with Crippen molar-refractivity contribution in [3.63, 3.8) is 0 Å². The number of fused-ring (bicyclic) bond motifs is 1. The van der Waals surface area contributed by atoms with Gasteiger partial charge in [0, 0.05) is 16.9 Å². The number of carbonyl (C=O) groups excluding carboxylic acids is 1. The number of rotatable bonds is 4. The third kappa shape index (κ3) is 3.67. The van der Waals surface area contributed by atoms with Gasteiger partial charge < -0.3 is 4.90 Å². The van der Waals surface area contributed by atoms with Crippen molar-refractivity contribution in [1.29, 1.82) is 0 Å². The van der Waals surface area contributed by atoms with Crippen LogP contribution in [0.15, 0.2) is 23.2 Å². The molecule has 0 radical (unpaired) electrons. The monoisotopic (exact) mass is 398 g/mol. The highest BCUT2D eigenvalue weighted by atomic mass is 32.2. The summed E-state index contributed by atoms with van der Waals surface area (Å²) in [5, 5.41) is 0.299. The SMILES string of the molecule is CCC(CC)C(=O)N=C1S[C@H]2CS(=O)(=O)C[C@@H]2N1c1ccc(C)c(F)c1. The molecule has 0 saturated carbocycles. The fourth-order valence-corrected chi connectivity index (χ4v) is 7.34. The second-order valence-electron chi connectivity index (χ2n) is 6.85. The van der Waals surface area contributed by atoms with Crippen molar-refractivity contribution in [2.75, 3.05) is 16.4 Å². The van der Waals surface area contributed by atoms with Crippen LogP contribution in [0.3, 0.4) is 0 Å². The highest BCUT2D eigenvalue weighted by Crippen LogP contribution is 2.41. The first-order valence-corrected chi connectivity index (χ1v) is 11.5. The molecule has 2 heterocycles. The van der Waals surface area contributed by atoms with Gasteiger partial charge in [0.05, 0.1) is 17.5 Å². The molecule has 0 aliphatic carbocycles. The third-order valence-corrected chi connectivity index (χ3v) is 8.25. The summed E-state index contributed by atoms with van der Waals surface area (Å²) in [6, 6.07) is 4.48. The number of anilines is 1. The van der Waals surface area contributed by atoms with Crippen molar-refractivity contribution in [1.82, 2.24) is 0 Å². The lowest BCUT2D eigenvalue weighted by molar-refractivity contribution is -0.121. The number of aryl methyl sites for hydroxylation is 1. The molecule has 1 aromatic carbocycles. The molecule has 0 spiro atoms. The van der Waals surface area contributed by atoms with Crippen LogP contribution in [0.25, 0.3) is 0 Å². The molecule has 8 heteroatoms. The van der Waals surface area contributed by atoms with Crippen LogP contribution in [0, 0.1) is 18.7 Å². The highest BCUT2D eigenvalue weighted by molar-refractivity contribution is 8.16. The molecule has 2 atom stereocenters. The first-order valence-electron chi connectivity index (χ1n) is 8.80. The highest BCUT2D eigenvalue weighted by Gasteiger charge is 2.49. The summed E-state index contributed by atoms with van der Waals surface area (Å²) in [5.41, 5.74) is 1.06. The van der Waals surface area contributed by atoms with E-state index < -0.39 is 9.84 Å². The topological polar surface area (TPSA) is 66.8 Å². The van der Waals surface area contributed by atoms with Crippen LogP contribution in [0.1, 0.15) is 32.3 Å². The van der Waals surface area contributed by atoms with Gasteiger partial charge in [-0.05, 0) is 37.5 Å². The van der Waals surface area contributed by atoms with E-state index in [-0.39, 0.29) is 40.4 Å². The minimum atomic E-state index is -3.14. The van der Waals surface area contributed by atoms with Crippen LogP contribution in [-0.2, 0) is 14.6 Å². The number of thioether (sulfide) groups is 1. The number of benzene rings is 1. The van der Waals surface area contributed by atoms with Crippen LogP contribution in [0.4, 0.5) is 10.1 Å². The lowest BCUT2D eigenvalue weighted by Gasteiger charge is -2.25. The molecule has 2 saturated heterocycles. The van der Waals surface area contributed by atoms with E-state index in [2.05, 4.69) is 4.99 Å². The summed E-state index contributed by atoms with van der Waals surface area (Å²) in [6.07, 6.45) is 1.41. The zero-order valence-corrected chi connectivity index (χ0v) is 16.7. The van der Waals surface area contributed by atoms with Gasteiger partial charge in [0.15, 0.2) is 15.0 Å². The van der Waals surface area contributed by atoms with E-state index in [0.29, 0.717) is 29.3 Å². The first-order chi connectivity index (χ1) is 12.3. The molecule has 2 fully saturated rings. The molecular weight excluding hydrogens is 375 g/mol. The number of amides is 1. The third-order valence-electron chi connectivity index (χ3n) is 5.04. The molecule has 0 unspecified atom stereocenters. The van der Waals surface area contributed by atoms with Crippen LogP contribution < -0.4 is 4.90 Å². The van der Waals surface area contributed by atoms with E-state index in [1.54, 1.807) is 24.0 Å². The van der Waals surface area contributed by atoms with Gasteiger partial charge in [-0.1, -0.05) is 31.7 Å². The standard InChI is InChI=1S/C18H23FN2O3S2/c1-4-12(5-2)17(22)20-18-21(13-7-6-11(3)14(19)8-13)15-9-26(23,24)10-16(15)25-18/h6-8,12,15-16H,4-5,9-10H2,1-3H3/t15-,16-/m0/s1. The van der Waals surface area contributed by atoms with Crippen molar-refractivity contribution in [2.45, 2.75) is 44.9 Å². The Morgan fingerprint density at radius 2 is 2.04 bits per heavy atom.